The Morgan fingerprint density at radius 3 is 2.57 bits per heavy atom. The molecule has 0 amide bonds. The van der Waals surface area contributed by atoms with Gasteiger partial charge >= 0.3 is 0 Å². The summed E-state index contributed by atoms with van der Waals surface area (Å²) in [5, 5.41) is 3.39. The molecule has 0 spiro atoms. The Hall–Kier alpha value is -0.310. The van der Waals surface area contributed by atoms with Gasteiger partial charge in [-0.15, -0.1) is 11.3 Å². The maximum atomic E-state index is 12.3. The Balaban J connectivity index is 2.31. The van der Waals surface area contributed by atoms with Crippen molar-refractivity contribution in [2.75, 3.05) is 11.8 Å². The Kier molecular flexibility index (Phi) is 5.56. The highest BCUT2D eigenvalue weighted by Crippen LogP contribution is 2.37. The lowest BCUT2D eigenvalue weighted by molar-refractivity contribution is 0.603. The van der Waals surface area contributed by atoms with Crippen molar-refractivity contribution >= 4 is 66.2 Å². The average Bonchev–Trinajstić information content (AvgIpc) is 2.89. The molecule has 0 aliphatic carbocycles. The molecule has 0 atom stereocenters. The predicted octanol–water partition coefficient (Wildman–Crippen LogP) is 4.34. The zero-order chi connectivity index (χ0) is 15.6. The first-order valence-corrected chi connectivity index (χ1v) is 9.59. The smallest absolute Gasteiger partial charge is 0.271 e. The van der Waals surface area contributed by atoms with E-state index in [0.29, 0.717) is 11.0 Å². The van der Waals surface area contributed by atoms with E-state index in [0.717, 1.165) is 4.88 Å². The Morgan fingerprint density at radius 2 is 1.90 bits per heavy atom. The number of hydrogen-bond acceptors (Lipinski definition) is 4. The van der Waals surface area contributed by atoms with E-state index in [2.05, 4.69) is 26.0 Å². The number of halogens is 3. The minimum Gasteiger partial charge on any atom is -0.315 e. The quantitative estimate of drug-likeness (QED) is 0.695. The molecule has 4 nitrogen and oxygen atoms in total. The molecule has 1 aromatic heterocycles. The minimum atomic E-state index is -3.68. The van der Waals surface area contributed by atoms with Crippen LogP contribution in [0.25, 0.3) is 0 Å². The number of benzene rings is 1. The molecule has 0 unspecified atom stereocenters. The molecule has 0 saturated carbocycles. The first kappa shape index (κ1) is 17.1. The molecule has 2 N–H and O–H groups in total. The lowest BCUT2D eigenvalue weighted by Gasteiger charge is -2.10. The SMILES string of the molecule is CNCc1ccc(S(=O)(=O)Nc2ccc(Br)c(Cl)c2Cl)s1. The molecule has 2 aromatic rings. The second-order valence-electron chi connectivity index (χ2n) is 4.08. The second kappa shape index (κ2) is 6.85. The maximum absolute atomic E-state index is 12.3. The maximum Gasteiger partial charge on any atom is 0.271 e. The van der Waals surface area contributed by atoms with Crippen molar-refractivity contribution in [3.05, 3.63) is 43.7 Å². The lowest BCUT2D eigenvalue weighted by atomic mass is 10.3. The van der Waals surface area contributed by atoms with Crippen LogP contribution in [0.3, 0.4) is 0 Å². The van der Waals surface area contributed by atoms with Gasteiger partial charge < -0.3 is 5.32 Å². The van der Waals surface area contributed by atoms with Gasteiger partial charge in [0.25, 0.3) is 10.0 Å². The number of thiophene rings is 1. The van der Waals surface area contributed by atoms with Crippen LogP contribution in [0.15, 0.2) is 32.9 Å². The molecule has 0 saturated heterocycles. The van der Waals surface area contributed by atoms with Crippen LogP contribution in [0, 0.1) is 0 Å². The number of anilines is 1. The molecule has 0 aliphatic heterocycles. The van der Waals surface area contributed by atoms with E-state index in [9.17, 15) is 8.42 Å². The largest absolute Gasteiger partial charge is 0.315 e. The van der Waals surface area contributed by atoms with Crippen molar-refractivity contribution in [1.82, 2.24) is 5.32 Å². The van der Waals surface area contributed by atoms with Crippen molar-refractivity contribution in [2.24, 2.45) is 0 Å². The zero-order valence-corrected chi connectivity index (χ0v) is 15.5. The fraction of sp³-hybridized carbons (Fsp3) is 0.167. The molecule has 0 bridgehead atoms. The van der Waals surface area contributed by atoms with Gasteiger partial charge in [-0.2, -0.15) is 0 Å². The summed E-state index contributed by atoms with van der Waals surface area (Å²) in [4.78, 5) is 0.929. The van der Waals surface area contributed by atoms with Crippen LogP contribution in [0.1, 0.15) is 4.88 Å². The number of rotatable bonds is 5. The highest BCUT2D eigenvalue weighted by atomic mass is 79.9. The molecule has 1 aromatic carbocycles. The standard InChI is InChI=1S/C12H11BrCl2N2O2S2/c1-16-6-7-2-5-10(20-7)21(18,19)17-9-4-3-8(13)11(14)12(9)15/h2-5,16-17H,6H2,1H3. The van der Waals surface area contributed by atoms with Crippen LogP contribution < -0.4 is 10.0 Å². The highest BCUT2D eigenvalue weighted by Gasteiger charge is 2.19. The van der Waals surface area contributed by atoms with E-state index in [4.69, 9.17) is 23.2 Å². The van der Waals surface area contributed by atoms with Crippen LogP contribution in [-0.2, 0) is 16.6 Å². The fourth-order valence-electron chi connectivity index (χ4n) is 1.57. The number of nitrogens with one attached hydrogen (secondary N) is 2. The Labute approximate surface area is 145 Å². The van der Waals surface area contributed by atoms with E-state index < -0.39 is 10.0 Å². The first-order valence-electron chi connectivity index (χ1n) is 5.75. The van der Waals surface area contributed by atoms with Gasteiger partial charge in [0.15, 0.2) is 0 Å². The molecule has 114 valence electrons. The van der Waals surface area contributed by atoms with Crippen molar-refractivity contribution in [3.63, 3.8) is 0 Å². The molecular weight excluding hydrogens is 419 g/mol. The molecular formula is C12H11BrCl2N2O2S2. The summed E-state index contributed by atoms with van der Waals surface area (Å²) in [6.07, 6.45) is 0. The fourth-order valence-corrected chi connectivity index (χ4v) is 4.89. The summed E-state index contributed by atoms with van der Waals surface area (Å²) in [7, 11) is -1.88. The molecule has 9 heteroatoms. The topological polar surface area (TPSA) is 58.2 Å². The van der Waals surface area contributed by atoms with Gasteiger partial charge in [-0.25, -0.2) is 8.42 Å². The molecule has 21 heavy (non-hydrogen) atoms. The molecule has 0 radical (unpaired) electrons. The summed E-state index contributed by atoms with van der Waals surface area (Å²) in [5.41, 5.74) is 0.244. The second-order valence-corrected chi connectivity index (χ2v) is 8.77. The van der Waals surface area contributed by atoms with Crippen molar-refractivity contribution < 1.29 is 8.42 Å². The third kappa shape index (κ3) is 3.91. The Morgan fingerprint density at radius 1 is 1.19 bits per heavy atom. The van der Waals surface area contributed by atoms with Gasteiger partial charge in [-0.05, 0) is 47.2 Å². The Bertz CT molecular complexity index is 763. The summed E-state index contributed by atoms with van der Waals surface area (Å²) in [6.45, 7) is 0.616. The van der Waals surface area contributed by atoms with Gasteiger partial charge in [-0.3, -0.25) is 4.72 Å². The van der Waals surface area contributed by atoms with Crippen LogP contribution in [0.2, 0.25) is 10.0 Å². The number of hydrogen-bond donors (Lipinski definition) is 2. The normalized spacial score (nSPS) is 11.6. The molecule has 1 heterocycles. The van der Waals surface area contributed by atoms with Crippen LogP contribution in [0.5, 0.6) is 0 Å². The first-order chi connectivity index (χ1) is 9.85. The van der Waals surface area contributed by atoms with Gasteiger partial charge in [0.1, 0.15) is 4.21 Å². The van der Waals surface area contributed by atoms with Crippen LogP contribution in [0.4, 0.5) is 5.69 Å². The van der Waals surface area contributed by atoms with Crippen molar-refractivity contribution in [3.8, 4) is 0 Å². The summed E-state index contributed by atoms with van der Waals surface area (Å²) in [6, 6.07) is 6.52. The third-order valence-electron chi connectivity index (χ3n) is 2.53. The highest BCUT2D eigenvalue weighted by molar-refractivity contribution is 9.10. The van der Waals surface area contributed by atoms with E-state index >= 15 is 0 Å². The van der Waals surface area contributed by atoms with E-state index in [1.54, 1.807) is 31.3 Å². The van der Waals surface area contributed by atoms with Gasteiger partial charge in [0.2, 0.25) is 0 Å². The van der Waals surface area contributed by atoms with Crippen molar-refractivity contribution in [2.45, 2.75) is 10.8 Å². The molecule has 2 rings (SSSR count). The van der Waals surface area contributed by atoms with Gasteiger partial charge in [0, 0.05) is 15.9 Å². The zero-order valence-electron chi connectivity index (χ0n) is 10.8. The lowest BCUT2D eigenvalue weighted by Crippen LogP contribution is -2.12. The molecule has 0 fully saturated rings. The average molecular weight is 430 g/mol. The summed E-state index contributed by atoms with van der Waals surface area (Å²) >= 11 is 16.5. The van der Waals surface area contributed by atoms with Gasteiger partial charge in [0.05, 0.1) is 15.7 Å². The van der Waals surface area contributed by atoms with Crippen LogP contribution in [-0.4, -0.2) is 15.5 Å². The van der Waals surface area contributed by atoms with Gasteiger partial charge in [-0.1, -0.05) is 23.2 Å². The summed E-state index contributed by atoms with van der Waals surface area (Å²) in [5.74, 6) is 0. The molecule has 0 aliphatic rings. The minimum absolute atomic E-state index is 0.154. The summed E-state index contributed by atoms with van der Waals surface area (Å²) < 4.78 is 27.9. The number of sulfonamides is 1. The van der Waals surface area contributed by atoms with Crippen LogP contribution >= 0.6 is 50.5 Å². The third-order valence-corrected chi connectivity index (χ3v) is 7.25. The van der Waals surface area contributed by atoms with E-state index in [1.165, 1.54) is 11.3 Å². The van der Waals surface area contributed by atoms with E-state index in [-0.39, 0.29) is 19.9 Å². The predicted molar refractivity (Wildman–Crippen MR) is 92.1 cm³/mol. The monoisotopic (exact) mass is 428 g/mol. The van der Waals surface area contributed by atoms with Crippen molar-refractivity contribution in [1.29, 1.82) is 0 Å². The van der Waals surface area contributed by atoms with E-state index in [1.807, 2.05) is 0 Å².